The molecule has 2 saturated heterocycles. The summed E-state index contributed by atoms with van der Waals surface area (Å²) in [6.45, 7) is 2.86. The van der Waals surface area contributed by atoms with Crippen molar-refractivity contribution in [3.63, 3.8) is 0 Å². The lowest BCUT2D eigenvalue weighted by Gasteiger charge is -2.45. The summed E-state index contributed by atoms with van der Waals surface area (Å²) in [5.74, 6) is -0.341. The molecule has 0 spiro atoms. The van der Waals surface area contributed by atoms with E-state index >= 15 is 0 Å². The maximum absolute atomic E-state index is 12.6. The van der Waals surface area contributed by atoms with E-state index in [4.69, 9.17) is 9.47 Å². The van der Waals surface area contributed by atoms with Crippen LogP contribution >= 0.6 is 0 Å². The van der Waals surface area contributed by atoms with Crippen LogP contribution in [0.2, 0.25) is 0 Å². The zero-order chi connectivity index (χ0) is 22.0. The highest BCUT2D eigenvalue weighted by atomic mass is 16.5. The van der Waals surface area contributed by atoms with Gasteiger partial charge in [0.15, 0.2) is 0 Å². The Morgan fingerprint density at radius 3 is 2.58 bits per heavy atom. The third-order valence-electron chi connectivity index (χ3n) is 5.88. The molecule has 1 aromatic carbocycles. The zero-order valence-electron chi connectivity index (χ0n) is 17.8. The van der Waals surface area contributed by atoms with Crippen molar-refractivity contribution in [3.05, 3.63) is 47.3 Å². The van der Waals surface area contributed by atoms with Gasteiger partial charge in [0.25, 0.3) is 5.91 Å². The van der Waals surface area contributed by atoms with E-state index in [-0.39, 0.29) is 31.1 Å². The molecule has 9 heteroatoms. The minimum atomic E-state index is -0.456. The lowest BCUT2D eigenvalue weighted by molar-refractivity contribution is -0.168. The van der Waals surface area contributed by atoms with Crippen LogP contribution in [0, 0.1) is 6.92 Å². The molecule has 0 bridgehead atoms. The minimum Gasteiger partial charge on any atom is -0.394 e. The standard InChI is InChI=1S/C22H28N4O5/c1-14-11-18(25(2)24-14)22(29)23-16-5-3-15(4-6-16)21-19(12-27)26(20(28)13-31-21)17-7-9-30-10-8-17/h3-6,11,17,19,21,27H,7-10,12-13H2,1-2H3,(H,23,29). The van der Waals surface area contributed by atoms with Crippen LogP contribution in [0.5, 0.6) is 0 Å². The van der Waals surface area contributed by atoms with Crippen LogP contribution in [0.1, 0.15) is 40.7 Å². The van der Waals surface area contributed by atoms with Crippen molar-refractivity contribution < 1.29 is 24.2 Å². The highest BCUT2D eigenvalue weighted by Crippen LogP contribution is 2.33. The number of hydrogen-bond acceptors (Lipinski definition) is 6. The third-order valence-corrected chi connectivity index (χ3v) is 5.88. The number of nitrogens with zero attached hydrogens (tertiary/aromatic N) is 3. The molecule has 2 N–H and O–H groups in total. The van der Waals surface area contributed by atoms with Gasteiger partial charge in [-0.05, 0) is 43.5 Å². The van der Waals surface area contributed by atoms with Crippen LogP contribution in [-0.4, -0.2) is 70.1 Å². The Morgan fingerprint density at radius 1 is 1.26 bits per heavy atom. The number of nitrogens with one attached hydrogen (secondary N) is 1. The number of amides is 2. The molecule has 2 atom stereocenters. The van der Waals surface area contributed by atoms with E-state index in [0.717, 1.165) is 24.1 Å². The monoisotopic (exact) mass is 428 g/mol. The van der Waals surface area contributed by atoms with Crippen molar-refractivity contribution in [2.75, 3.05) is 31.7 Å². The third kappa shape index (κ3) is 4.48. The molecule has 2 fully saturated rings. The van der Waals surface area contributed by atoms with Gasteiger partial charge in [-0.1, -0.05) is 12.1 Å². The average molecular weight is 428 g/mol. The van der Waals surface area contributed by atoms with Gasteiger partial charge in [0.05, 0.1) is 18.3 Å². The van der Waals surface area contributed by atoms with Crippen molar-refractivity contribution in [1.29, 1.82) is 0 Å². The Kier molecular flexibility index (Phi) is 6.35. The summed E-state index contributed by atoms with van der Waals surface area (Å²) in [4.78, 5) is 26.9. The van der Waals surface area contributed by atoms with Crippen molar-refractivity contribution in [2.24, 2.45) is 7.05 Å². The van der Waals surface area contributed by atoms with E-state index in [1.165, 1.54) is 0 Å². The Morgan fingerprint density at radius 2 is 1.97 bits per heavy atom. The van der Waals surface area contributed by atoms with E-state index in [1.54, 1.807) is 34.8 Å². The van der Waals surface area contributed by atoms with E-state index < -0.39 is 12.1 Å². The lowest BCUT2D eigenvalue weighted by atomic mass is 9.95. The van der Waals surface area contributed by atoms with Crippen molar-refractivity contribution in [1.82, 2.24) is 14.7 Å². The summed E-state index contributed by atoms with van der Waals surface area (Å²) < 4.78 is 12.8. The van der Waals surface area contributed by atoms with Crippen LogP contribution in [0.4, 0.5) is 5.69 Å². The molecule has 0 radical (unpaired) electrons. The van der Waals surface area contributed by atoms with Gasteiger partial charge in [0.1, 0.15) is 18.4 Å². The van der Waals surface area contributed by atoms with Gasteiger partial charge in [-0.15, -0.1) is 0 Å². The Labute approximate surface area is 180 Å². The minimum absolute atomic E-state index is 0.0170. The summed E-state index contributed by atoms with van der Waals surface area (Å²) in [7, 11) is 1.73. The number of morpholine rings is 1. The Hall–Kier alpha value is -2.75. The number of hydrogen-bond donors (Lipinski definition) is 2. The lowest BCUT2D eigenvalue weighted by Crippen LogP contribution is -2.57. The number of aliphatic hydroxyl groups excluding tert-OH is 1. The highest BCUT2D eigenvalue weighted by Gasteiger charge is 2.41. The first kappa shape index (κ1) is 21.5. The molecular weight excluding hydrogens is 400 g/mol. The van der Waals surface area contributed by atoms with Crippen LogP contribution in [0.3, 0.4) is 0 Å². The summed E-state index contributed by atoms with van der Waals surface area (Å²) in [6.07, 6.45) is 1.08. The summed E-state index contributed by atoms with van der Waals surface area (Å²) >= 11 is 0. The van der Waals surface area contributed by atoms with Crippen LogP contribution in [0.25, 0.3) is 0 Å². The molecule has 0 aliphatic carbocycles. The maximum Gasteiger partial charge on any atom is 0.273 e. The number of benzene rings is 1. The van der Waals surface area contributed by atoms with E-state index in [1.807, 2.05) is 19.1 Å². The van der Waals surface area contributed by atoms with E-state index in [0.29, 0.717) is 24.6 Å². The Bertz CT molecular complexity index is 936. The number of aromatic nitrogens is 2. The number of aliphatic hydroxyl groups is 1. The predicted molar refractivity (Wildman–Crippen MR) is 113 cm³/mol. The van der Waals surface area contributed by atoms with Gasteiger partial charge in [0.2, 0.25) is 5.91 Å². The number of carbonyl (C=O) groups is 2. The van der Waals surface area contributed by atoms with Crippen LogP contribution < -0.4 is 5.32 Å². The first-order valence-corrected chi connectivity index (χ1v) is 10.5. The quantitative estimate of drug-likeness (QED) is 0.746. The van der Waals surface area contributed by atoms with Crippen LogP contribution in [-0.2, 0) is 21.3 Å². The predicted octanol–water partition coefficient (Wildman–Crippen LogP) is 1.42. The number of ether oxygens (including phenoxy) is 2. The summed E-state index contributed by atoms with van der Waals surface area (Å²) in [6, 6.07) is 8.62. The van der Waals surface area contributed by atoms with Crippen molar-refractivity contribution >= 4 is 17.5 Å². The van der Waals surface area contributed by atoms with Gasteiger partial charge in [-0.3, -0.25) is 14.3 Å². The SMILES string of the molecule is Cc1cc(C(=O)Nc2ccc(C3OCC(=O)N(C4CCOCC4)C3CO)cc2)n(C)n1. The summed E-state index contributed by atoms with van der Waals surface area (Å²) in [5.41, 5.74) is 2.73. The molecule has 4 rings (SSSR count). The smallest absolute Gasteiger partial charge is 0.273 e. The fourth-order valence-electron chi connectivity index (χ4n) is 4.39. The number of aryl methyl sites for hydroxylation is 2. The van der Waals surface area contributed by atoms with Gasteiger partial charge in [0, 0.05) is 32.0 Å². The number of carbonyl (C=O) groups excluding carboxylic acids is 2. The molecule has 9 nitrogen and oxygen atoms in total. The molecule has 2 aliphatic heterocycles. The highest BCUT2D eigenvalue weighted by molar-refractivity contribution is 6.03. The molecule has 2 aliphatic rings. The molecule has 31 heavy (non-hydrogen) atoms. The van der Waals surface area contributed by atoms with Gasteiger partial charge < -0.3 is 24.8 Å². The normalized spacial score (nSPS) is 22.5. The fourth-order valence-corrected chi connectivity index (χ4v) is 4.39. The zero-order valence-corrected chi connectivity index (χ0v) is 17.8. The van der Waals surface area contributed by atoms with Gasteiger partial charge >= 0.3 is 0 Å². The first-order valence-electron chi connectivity index (χ1n) is 10.5. The molecule has 0 saturated carbocycles. The molecule has 2 amide bonds. The van der Waals surface area contributed by atoms with Gasteiger partial charge in [-0.25, -0.2) is 0 Å². The molecular formula is C22H28N4O5. The van der Waals surface area contributed by atoms with E-state index in [9.17, 15) is 14.7 Å². The van der Waals surface area contributed by atoms with E-state index in [2.05, 4.69) is 10.4 Å². The van der Waals surface area contributed by atoms with Crippen LogP contribution in [0.15, 0.2) is 30.3 Å². The first-order chi connectivity index (χ1) is 15.0. The van der Waals surface area contributed by atoms with Crippen molar-refractivity contribution in [2.45, 2.75) is 38.0 Å². The molecule has 1 aromatic heterocycles. The molecule has 2 unspecified atom stereocenters. The molecule has 2 aromatic rings. The average Bonchev–Trinajstić information content (AvgIpc) is 3.12. The second-order valence-electron chi connectivity index (χ2n) is 8.00. The van der Waals surface area contributed by atoms with Crippen molar-refractivity contribution in [3.8, 4) is 0 Å². The number of rotatable bonds is 5. The maximum atomic E-state index is 12.6. The molecule has 166 valence electrons. The topological polar surface area (TPSA) is 106 Å². The fraction of sp³-hybridized carbons (Fsp3) is 0.500. The van der Waals surface area contributed by atoms with Gasteiger partial charge in [-0.2, -0.15) is 5.10 Å². The second kappa shape index (κ2) is 9.17. The molecule has 3 heterocycles. The second-order valence-corrected chi connectivity index (χ2v) is 8.00. The summed E-state index contributed by atoms with van der Waals surface area (Å²) in [5, 5.41) is 17.2. The number of anilines is 1. The Balaban J connectivity index is 1.49. The largest absolute Gasteiger partial charge is 0.394 e.